The third-order valence-electron chi connectivity index (χ3n) is 1.86. The lowest BCUT2D eigenvalue weighted by Crippen LogP contribution is -1.80. The molecule has 0 aliphatic rings. The maximum Gasteiger partial charge on any atom is 0.144 e. The Balaban J connectivity index is 3.40. The molecule has 0 amide bonds. The van der Waals surface area contributed by atoms with Gasteiger partial charge < -0.3 is 5.11 Å². The molecule has 0 bridgehead atoms. The first kappa shape index (κ1) is 9.52. The predicted octanol–water partition coefficient (Wildman–Crippen LogP) is 3.07. The van der Waals surface area contributed by atoms with Crippen LogP contribution < -0.4 is 0 Å². The molecule has 0 saturated heterocycles. The van der Waals surface area contributed by atoms with Crippen LogP contribution in [0.25, 0.3) is 6.08 Å². The second-order valence-corrected chi connectivity index (χ2v) is 2.76. The van der Waals surface area contributed by atoms with Crippen LogP contribution in [0.2, 0.25) is 0 Å². The second kappa shape index (κ2) is 3.90. The van der Waals surface area contributed by atoms with Crippen molar-refractivity contribution in [2.24, 2.45) is 4.99 Å². The third-order valence-corrected chi connectivity index (χ3v) is 1.86. The van der Waals surface area contributed by atoms with E-state index in [1.165, 1.54) is 0 Å². The smallest absolute Gasteiger partial charge is 0.144 e. The van der Waals surface area contributed by atoms with Gasteiger partial charge in [0, 0.05) is 11.8 Å². The highest BCUT2D eigenvalue weighted by atomic mass is 16.3. The molecule has 0 fully saturated rings. The zero-order valence-electron chi connectivity index (χ0n) is 7.91. The highest BCUT2D eigenvalue weighted by Crippen LogP contribution is 2.33. The van der Waals surface area contributed by atoms with Crippen molar-refractivity contribution in [3.8, 4) is 5.75 Å². The molecule has 0 unspecified atom stereocenters. The standard InChI is InChI=1S/C11H13NO/c1-4-9-7-6-8(3)11(13)10(9)12-5-2/h4-7,13H,1H2,2-3H3. The topological polar surface area (TPSA) is 32.6 Å². The van der Waals surface area contributed by atoms with E-state index in [9.17, 15) is 5.11 Å². The monoisotopic (exact) mass is 175 g/mol. The minimum Gasteiger partial charge on any atom is -0.505 e. The first-order valence-electron chi connectivity index (χ1n) is 4.14. The van der Waals surface area contributed by atoms with Crippen LogP contribution in [0, 0.1) is 6.92 Å². The number of phenolic OH excluding ortho intramolecular Hbond substituents is 1. The third kappa shape index (κ3) is 1.78. The number of rotatable bonds is 2. The molecule has 1 aromatic carbocycles. The van der Waals surface area contributed by atoms with Gasteiger partial charge in [0.2, 0.25) is 0 Å². The lowest BCUT2D eigenvalue weighted by Gasteiger charge is -2.05. The van der Waals surface area contributed by atoms with Crippen molar-refractivity contribution in [1.29, 1.82) is 0 Å². The SMILES string of the molecule is C=Cc1ccc(C)c(O)c1N=CC. The van der Waals surface area contributed by atoms with Crippen molar-refractivity contribution in [3.63, 3.8) is 0 Å². The number of phenols is 1. The van der Waals surface area contributed by atoms with Crippen LogP contribution >= 0.6 is 0 Å². The molecule has 0 spiro atoms. The summed E-state index contributed by atoms with van der Waals surface area (Å²) >= 11 is 0. The van der Waals surface area contributed by atoms with Gasteiger partial charge in [-0.15, -0.1) is 0 Å². The van der Waals surface area contributed by atoms with Gasteiger partial charge in [-0.3, -0.25) is 4.99 Å². The van der Waals surface area contributed by atoms with Crippen LogP contribution in [0.5, 0.6) is 5.75 Å². The molecule has 0 heterocycles. The van der Waals surface area contributed by atoms with E-state index in [0.29, 0.717) is 5.69 Å². The zero-order valence-corrected chi connectivity index (χ0v) is 7.91. The van der Waals surface area contributed by atoms with E-state index < -0.39 is 0 Å². The van der Waals surface area contributed by atoms with Gasteiger partial charge in [0.05, 0.1) is 0 Å². The molecule has 1 rings (SSSR count). The van der Waals surface area contributed by atoms with Crippen molar-refractivity contribution >= 4 is 18.0 Å². The van der Waals surface area contributed by atoms with E-state index in [0.717, 1.165) is 11.1 Å². The van der Waals surface area contributed by atoms with Crippen molar-refractivity contribution in [2.75, 3.05) is 0 Å². The number of nitrogens with zero attached hydrogens (tertiary/aromatic N) is 1. The number of aryl methyl sites for hydroxylation is 1. The molecule has 2 nitrogen and oxygen atoms in total. The van der Waals surface area contributed by atoms with Gasteiger partial charge in [-0.1, -0.05) is 24.8 Å². The summed E-state index contributed by atoms with van der Waals surface area (Å²) in [6.07, 6.45) is 3.34. The molecular weight excluding hydrogens is 162 g/mol. The van der Waals surface area contributed by atoms with Crippen LogP contribution in [0.15, 0.2) is 23.7 Å². The zero-order chi connectivity index (χ0) is 9.84. The Morgan fingerprint density at radius 2 is 2.15 bits per heavy atom. The van der Waals surface area contributed by atoms with Crippen LogP contribution in [0.4, 0.5) is 5.69 Å². The van der Waals surface area contributed by atoms with E-state index in [2.05, 4.69) is 11.6 Å². The average Bonchev–Trinajstić information content (AvgIpc) is 2.14. The van der Waals surface area contributed by atoms with Crippen molar-refractivity contribution in [3.05, 3.63) is 29.8 Å². The lowest BCUT2D eigenvalue weighted by atomic mass is 10.1. The Hall–Kier alpha value is -1.57. The first-order valence-corrected chi connectivity index (χ1v) is 4.14. The van der Waals surface area contributed by atoms with Crippen LogP contribution in [0.1, 0.15) is 18.1 Å². The molecule has 2 heteroatoms. The Labute approximate surface area is 78.3 Å². The van der Waals surface area contributed by atoms with Crippen molar-refractivity contribution < 1.29 is 5.11 Å². The Morgan fingerprint density at radius 1 is 1.46 bits per heavy atom. The fraction of sp³-hybridized carbons (Fsp3) is 0.182. The molecule has 1 aromatic rings. The quantitative estimate of drug-likeness (QED) is 0.688. The second-order valence-electron chi connectivity index (χ2n) is 2.76. The van der Waals surface area contributed by atoms with E-state index in [-0.39, 0.29) is 5.75 Å². The van der Waals surface area contributed by atoms with Crippen LogP contribution in [-0.4, -0.2) is 11.3 Å². The van der Waals surface area contributed by atoms with Crippen LogP contribution in [0.3, 0.4) is 0 Å². The van der Waals surface area contributed by atoms with Crippen LogP contribution in [-0.2, 0) is 0 Å². The summed E-state index contributed by atoms with van der Waals surface area (Å²) in [5.41, 5.74) is 2.27. The van der Waals surface area contributed by atoms with Gasteiger partial charge in [-0.05, 0) is 19.4 Å². The highest BCUT2D eigenvalue weighted by Gasteiger charge is 2.05. The Kier molecular flexibility index (Phi) is 2.85. The normalized spacial score (nSPS) is 10.6. The van der Waals surface area contributed by atoms with E-state index in [1.54, 1.807) is 12.3 Å². The molecule has 13 heavy (non-hydrogen) atoms. The van der Waals surface area contributed by atoms with Gasteiger partial charge in [0.15, 0.2) is 0 Å². The number of hydrogen-bond acceptors (Lipinski definition) is 2. The summed E-state index contributed by atoms with van der Waals surface area (Å²) in [4.78, 5) is 4.09. The van der Waals surface area contributed by atoms with Gasteiger partial charge in [-0.25, -0.2) is 0 Å². The highest BCUT2D eigenvalue weighted by molar-refractivity contribution is 5.74. The summed E-state index contributed by atoms with van der Waals surface area (Å²) < 4.78 is 0. The number of aromatic hydroxyl groups is 1. The molecule has 0 aliphatic carbocycles. The molecular formula is C11H13NO. The van der Waals surface area contributed by atoms with Gasteiger partial charge >= 0.3 is 0 Å². The van der Waals surface area contributed by atoms with Crippen molar-refractivity contribution in [2.45, 2.75) is 13.8 Å². The Bertz CT molecular complexity index is 353. The molecule has 0 radical (unpaired) electrons. The van der Waals surface area contributed by atoms with Crippen molar-refractivity contribution in [1.82, 2.24) is 0 Å². The van der Waals surface area contributed by atoms with Gasteiger partial charge in [0.25, 0.3) is 0 Å². The number of hydrogen-bond donors (Lipinski definition) is 1. The molecule has 68 valence electrons. The largest absolute Gasteiger partial charge is 0.505 e. The fourth-order valence-electron chi connectivity index (χ4n) is 1.13. The lowest BCUT2D eigenvalue weighted by molar-refractivity contribution is 0.472. The van der Waals surface area contributed by atoms with Gasteiger partial charge in [-0.2, -0.15) is 0 Å². The first-order chi connectivity index (χ1) is 6.20. The van der Waals surface area contributed by atoms with E-state index in [1.807, 2.05) is 26.0 Å². The molecule has 0 aliphatic heterocycles. The molecule has 0 aromatic heterocycles. The predicted molar refractivity (Wildman–Crippen MR) is 56.8 cm³/mol. The number of benzene rings is 1. The fourth-order valence-corrected chi connectivity index (χ4v) is 1.13. The molecule has 0 atom stereocenters. The minimum atomic E-state index is 0.232. The summed E-state index contributed by atoms with van der Waals surface area (Å²) in [5, 5.41) is 9.68. The summed E-state index contributed by atoms with van der Waals surface area (Å²) in [6.45, 7) is 7.32. The summed E-state index contributed by atoms with van der Waals surface area (Å²) in [7, 11) is 0. The number of aliphatic imine (C=N–C) groups is 1. The van der Waals surface area contributed by atoms with E-state index in [4.69, 9.17) is 0 Å². The maximum absolute atomic E-state index is 9.68. The summed E-state index contributed by atoms with van der Waals surface area (Å²) in [5.74, 6) is 0.232. The molecule has 1 N–H and O–H groups in total. The minimum absolute atomic E-state index is 0.232. The molecule has 0 saturated carbocycles. The Morgan fingerprint density at radius 3 is 2.69 bits per heavy atom. The maximum atomic E-state index is 9.68. The average molecular weight is 175 g/mol. The van der Waals surface area contributed by atoms with Gasteiger partial charge in [0.1, 0.15) is 11.4 Å². The van der Waals surface area contributed by atoms with E-state index >= 15 is 0 Å². The summed E-state index contributed by atoms with van der Waals surface area (Å²) in [6, 6.07) is 3.74.